The molecule has 172 valence electrons. The van der Waals surface area contributed by atoms with Crippen LogP contribution in [0.15, 0.2) is 53.2 Å². The number of furan rings is 1. The molecule has 0 bridgehead atoms. The third kappa shape index (κ3) is 8.29. The highest BCUT2D eigenvalue weighted by atomic mass is 19.4. The van der Waals surface area contributed by atoms with Crippen molar-refractivity contribution < 1.29 is 36.7 Å². The molecule has 2 rings (SSSR count). The number of ether oxygens (including phenoxy) is 1. The van der Waals surface area contributed by atoms with E-state index in [1.807, 2.05) is 0 Å². The van der Waals surface area contributed by atoms with Crippen LogP contribution in [0, 0.1) is 0 Å². The number of carbonyl (C=O) groups is 3. The van der Waals surface area contributed by atoms with Crippen molar-refractivity contribution in [3.63, 3.8) is 0 Å². The molecule has 0 radical (unpaired) electrons. The van der Waals surface area contributed by atoms with E-state index in [-0.39, 0.29) is 32.7 Å². The summed E-state index contributed by atoms with van der Waals surface area (Å²) in [4.78, 5) is 37.5. The number of nitrogens with zero attached hydrogens (tertiary/aromatic N) is 1. The van der Waals surface area contributed by atoms with E-state index in [1.165, 1.54) is 35.4 Å². The summed E-state index contributed by atoms with van der Waals surface area (Å²) in [5.74, 6) is -1.05. The maximum Gasteiger partial charge on any atom is 0.416 e. The van der Waals surface area contributed by atoms with Gasteiger partial charge >= 0.3 is 12.1 Å². The Morgan fingerprint density at radius 2 is 1.88 bits per heavy atom. The fourth-order valence-electron chi connectivity index (χ4n) is 2.67. The van der Waals surface area contributed by atoms with Crippen LogP contribution >= 0.6 is 0 Å². The molecule has 10 heteroatoms. The number of halogens is 3. The van der Waals surface area contributed by atoms with E-state index < -0.39 is 29.5 Å². The Balaban J connectivity index is 1.95. The highest BCUT2D eigenvalue weighted by Crippen LogP contribution is 2.29. The summed E-state index contributed by atoms with van der Waals surface area (Å²) in [5, 5.41) is 2.54. The molecule has 1 heterocycles. The van der Waals surface area contributed by atoms with Gasteiger partial charge in [-0.15, -0.1) is 0 Å². The van der Waals surface area contributed by atoms with Gasteiger partial charge in [0.05, 0.1) is 18.4 Å². The van der Waals surface area contributed by atoms with Gasteiger partial charge in [-0.3, -0.25) is 14.4 Å². The largest absolute Gasteiger partial charge is 0.465 e. The number of alkyl halides is 3. The van der Waals surface area contributed by atoms with Gasteiger partial charge in [0.15, 0.2) is 0 Å². The molecule has 0 aliphatic heterocycles. The van der Waals surface area contributed by atoms with Gasteiger partial charge in [-0.1, -0.05) is 12.1 Å². The highest BCUT2D eigenvalue weighted by Gasteiger charge is 2.30. The minimum Gasteiger partial charge on any atom is -0.465 e. The predicted octanol–water partition coefficient (Wildman–Crippen LogP) is 3.41. The first-order valence-electron chi connectivity index (χ1n) is 9.78. The fraction of sp³-hybridized carbons (Fsp3) is 0.318. The molecule has 0 aliphatic rings. The molecule has 0 atom stereocenters. The number of hydrogen-bond acceptors (Lipinski definition) is 5. The zero-order valence-electron chi connectivity index (χ0n) is 17.4. The van der Waals surface area contributed by atoms with E-state index in [1.54, 1.807) is 19.1 Å². The van der Waals surface area contributed by atoms with Gasteiger partial charge in [-0.25, -0.2) is 0 Å². The molecule has 0 unspecified atom stereocenters. The van der Waals surface area contributed by atoms with Gasteiger partial charge in [0.25, 0.3) is 0 Å². The molecule has 32 heavy (non-hydrogen) atoms. The number of rotatable bonds is 10. The summed E-state index contributed by atoms with van der Waals surface area (Å²) in [6.45, 7) is 1.31. The Bertz CT molecular complexity index is 922. The second-order valence-corrected chi connectivity index (χ2v) is 6.64. The Hall–Kier alpha value is -3.56. The Morgan fingerprint density at radius 1 is 1.16 bits per heavy atom. The molecule has 1 aromatic heterocycles. The zero-order chi connectivity index (χ0) is 23.6. The number of nitrogens with one attached hydrogen (secondary N) is 1. The van der Waals surface area contributed by atoms with E-state index in [0.717, 1.165) is 12.1 Å². The SMILES string of the molecule is CCOC(=O)CN(Cc1ccc(C(F)(F)F)cc1)C(=O)CCNC(=O)/C=C/c1ccco1. The first-order valence-corrected chi connectivity index (χ1v) is 9.78. The van der Waals surface area contributed by atoms with E-state index in [9.17, 15) is 27.6 Å². The standard InChI is InChI=1S/C22H23F3N2O5/c1-2-31-21(30)15-27(14-16-5-7-17(8-6-16)22(23,24)25)20(29)11-12-26-19(28)10-9-18-4-3-13-32-18/h3-10,13H,2,11-12,14-15H2,1H3,(H,26,28)/b10-9+. The molecular formula is C22H23F3N2O5. The molecule has 0 saturated carbocycles. The van der Waals surface area contributed by atoms with Crippen molar-refractivity contribution >= 4 is 23.9 Å². The maximum absolute atomic E-state index is 12.7. The van der Waals surface area contributed by atoms with E-state index >= 15 is 0 Å². The van der Waals surface area contributed by atoms with Gasteiger partial charge in [0, 0.05) is 25.6 Å². The van der Waals surface area contributed by atoms with Crippen LogP contribution in [-0.2, 0) is 31.8 Å². The van der Waals surface area contributed by atoms with Gasteiger partial charge in [-0.05, 0) is 42.8 Å². The molecular weight excluding hydrogens is 429 g/mol. The lowest BCUT2D eigenvalue weighted by Gasteiger charge is -2.22. The lowest BCUT2D eigenvalue weighted by Crippen LogP contribution is -2.38. The van der Waals surface area contributed by atoms with E-state index in [4.69, 9.17) is 9.15 Å². The van der Waals surface area contributed by atoms with E-state index in [0.29, 0.717) is 11.3 Å². The Labute approximate surface area is 182 Å². The van der Waals surface area contributed by atoms with Crippen LogP contribution in [0.25, 0.3) is 6.08 Å². The van der Waals surface area contributed by atoms with Crippen molar-refractivity contribution in [3.8, 4) is 0 Å². The van der Waals surface area contributed by atoms with Gasteiger partial charge in [0.2, 0.25) is 11.8 Å². The molecule has 1 aromatic carbocycles. The van der Waals surface area contributed by atoms with Crippen molar-refractivity contribution in [2.24, 2.45) is 0 Å². The van der Waals surface area contributed by atoms with Crippen LogP contribution in [0.5, 0.6) is 0 Å². The predicted molar refractivity (Wildman–Crippen MR) is 109 cm³/mol. The van der Waals surface area contributed by atoms with Gasteiger partial charge in [0.1, 0.15) is 12.3 Å². The van der Waals surface area contributed by atoms with Crippen molar-refractivity contribution in [2.75, 3.05) is 19.7 Å². The first kappa shape index (κ1) is 24.7. The number of benzene rings is 1. The molecule has 2 aromatic rings. The molecule has 0 spiro atoms. The average Bonchev–Trinajstić information content (AvgIpc) is 3.25. The van der Waals surface area contributed by atoms with Gasteiger partial charge < -0.3 is 19.4 Å². The summed E-state index contributed by atoms with van der Waals surface area (Å²) in [6.07, 6.45) is -0.398. The molecule has 0 aliphatic carbocycles. The van der Waals surface area contributed by atoms with Crippen LogP contribution < -0.4 is 5.32 Å². The molecule has 0 saturated heterocycles. The minimum absolute atomic E-state index is 0.00645. The Kier molecular flexibility index (Phi) is 9.06. The van der Waals surface area contributed by atoms with Crippen molar-refractivity contribution in [3.05, 3.63) is 65.6 Å². The molecule has 0 fully saturated rings. The maximum atomic E-state index is 12.7. The lowest BCUT2D eigenvalue weighted by molar-refractivity contribution is -0.149. The average molecular weight is 452 g/mol. The second-order valence-electron chi connectivity index (χ2n) is 6.64. The van der Waals surface area contributed by atoms with Crippen LogP contribution in [0.3, 0.4) is 0 Å². The monoisotopic (exact) mass is 452 g/mol. The van der Waals surface area contributed by atoms with Crippen molar-refractivity contribution in [1.82, 2.24) is 10.2 Å². The van der Waals surface area contributed by atoms with Crippen molar-refractivity contribution in [1.29, 1.82) is 0 Å². The summed E-state index contributed by atoms with van der Waals surface area (Å²) in [5.41, 5.74) is -0.393. The quantitative estimate of drug-likeness (QED) is 0.441. The number of amides is 2. The zero-order valence-corrected chi connectivity index (χ0v) is 17.4. The molecule has 2 amide bonds. The van der Waals surface area contributed by atoms with E-state index in [2.05, 4.69) is 5.32 Å². The highest BCUT2D eigenvalue weighted by molar-refractivity contribution is 5.91. The van der Waals surface area contributed by atoms with Crippen LogP contribution in [0.2, 0.25) is 0 Å². The number of carbonyl (C=O) groups excluding carboxylic acids is 3. The van der Waals surface area contributed by atoms with Crippen LogP contribution in [-0.4, -0.2) is 42.4 Å². The lowest BCUT2D eigenvalue weighted by atomic mass is 10.1. The summed E-state index contributed by atoms with van der Waals surface area (Å²) in [6, 6.07) is 7.65. The first-order chi connectivity index (χ1) is 15.2. The number of hydrogen-bond donors (Lipinski definition) is 1. The summed E-state index contributed by atoms with van der Waals surface area (Å²) >= 11 is 0. The van der Waals surface area contributed by atoms with Crippen LogP contribution in [0.1, 0.15) is 30.2 Å². The number of esters is 1. The topological polar surface area (TPSA) is 88.9 Å². The van der Waals surface area contributed by atoms with Gasteiger partial charge in [-0.2, -0.15) is 13.2 Å². The fourth-order valence-corrected chi connectivity index (χ4v) is 2.67. The third-order valence-corrected chi connectivity index (χ3v) is 4.21. The molecule has 1 N–H and O–H groups in total. The minimum atomic E-state index is -4.47. The smallest absolute Gasteiger partial charge is 0.416 e. The van der Waals surface area contributed by atoms with Crippen molar-refractivity contribution in [2.45, 2.75) is 26.1 Å². The van der Waals surface area contributed by atoms with Crippen LogP contribution in [0.4, 0.5) is 13.2 Å². The normalized spacial score (nSPS) is 11.4. The summed E-state index contributed by atoms with van der Waals surface area (Å²) < 4.78 is 48.1. The summed E-state index contributed by atoms with van der Waals surface area (Å²) in [7, 11) is 0. The Morgan fingerprint density at radius 3 is 2.47 bits per heavy atom. The molecule has 7 nitrogen and oxygen atoms in total. The second kappa shape index (κ2) is 11.7. The third-order valence-electron chi connectivity index (χ3n) is 4.21.